The number of hydrogen-bond acceptors (Lipinski definition) is 5. The third-order valence-electron chi connectivity index (χ3n) is 7.78. The summed E-state index contributed by atoms with van der Waals surface area (Å²) in [5, 5.41) is 14.1. The predicted octanol–water partition coefficient (Wildman–Crippen LogP) is 6.80. The van der Waals surface area contributed by atoms with Crippen molar-refractivity contribution in [1.82, 2.24) is 30.1 Å². The second-order valence-corrected chi connectivity index (χ2v) is 12.4. The lowest BCUT2D eigenvalue weighted by molar-refractivity contribution is 0.184. The van der Waals surface area contributed by atoms with Gasteiger partial charge in [0, 0.05) is 24.2 Å². The molecule has 5 rings (SSSR count). The number of nitrogens with one attached hydrogen (secondary N) is 1. The fraction of sp³-hybridized carbons (Fsp3) is 0.353. The standard InChI is InChI=1S/C34H40N6O/c1-22(2)27-15-13-26(14-16-27)21-39(20-25-11-9-8-10-12-25)31(32-36-37-38-40(32)34(5,6)7)29-19-28-17-23(3)24(4)18-30(28)35-33(29)41/h8-19,22,31H,20-21H2,1-7H3,(H,35,41). The lowest BCUT2D eigenvalue weighted by Crippen LogP contribution is -2.37. The number of pyridine rings is 1. The molecule has 0 amide bonds. The van der Waals surface area contributed by atoms with Crippen LogP contribution in [0.5, 0.6) is 0 Å². The molecule has 41 heavy (non-hydrogen) atoms. The summed E-state index contributed by atoms with van der Waals surface area (Å²) in [6.45, 7) is 16.0. The van der Waals surface area contributed by atoms with Crippen LogP contribution in [-0.4, -0.2) is 30.1 Å². The fourth-order valence-corrected chi connectivity index (χ4v) is 5.34. The molecule has 2 aromatic heterocycles. The lowest BCUT2D eigenvalue weighted by atomic mass is 9.98. The number of aromatic nitrogens is 5. The average Bonchev–Trinajstić information content (AvgIpc) is 3.41. The minimum atomic E-state index is -0.496. The molecule has 0 bridgehead atoms. The van der Waals surface area contributed by atoms with Gasteiger partial charge in [0.1, 0.15) is 6.04 Å². The first-order valence-corrected chi connectivity index (χ1v) is 14.3. The third-order valence-corrected chi connectivity index (χ3v) is 7.78. The number of benzene rings is 3. The van der Waals surface area contributed by atoms with E-state index in [-0.39, 0.29) is 11.1 Å². The van der Waals surface area contributed by atoms with Crippen LogP contribution < -0.4 is 5.56 Å². The molecule has 0 saturated heterocycles. The van der Waals surface area contributed by atoms with Crippen molar-refractivity contribution in [2.45, 2.75) is 79.1 Å². The zero-order chi connectivity index (χ0) is 29.3. The van der Waals surface area contributed by atoms with Crippen LogP contribution in [0.4, 0.5) is 0 Å². The summed E-state index contributed by atoms with van der Waals surface area (Å²) in [7, 11) is 0. The summed E-state index contributed by atoms with van der Waals surface area (Å²) < 4.78 is 1.85. The van der Waals surface area contributed by atoms with Crippen molar-refractivity contribution in [3.05, 3.63) is 122 Å². The Kier molecular flexibility index (Phi) is 7.91. The minimum Gasteiger partial charge on any atom is -0.322 e. The summed E-state index contributed by atoms with van der Waals surface area (Å²) in [6, 6.07) is 24.8. The molecule has 0 spiro atoms. The van der Waals surface area contributed by atoms with Crippen molar-refractivity contribution in [2.75, 3.05) is 0 Å². The molecule has 7 nitrogen and oxygen atoms in total. The van der Waals surface area contributed by atoms with Crippen LogP contribution in [0.3, 0.4) is 0 Å². The quantitative estimate of drug-likeness (QED) is 0.231. The highest BCUT2D eigenvalue weighted by Crippen LogP contribution is 2.32. The van der Waals surface area contributed by atoms with Crippen LogP contribution in [0, 0.1) is 13.8 Å². The highest BCUT2D eigenvalue weighted by molar-refractivity contribution is 5.81. The second-order valence-electron chi connectivity index (χ2n) is 12.4. The Bertz CT molecular complexity index is 1690. The number of rotatable bonds is 8. The van der Waals surface area contributed by atoms with Gasteiger partial charge in [-0.2, -0.15) is 0 Å². The Labute approximate surface area is 242 Å². The van der Waals surface area contributed by atoms with Gasteiger partial charge in [0.15, 0.2) is 5.82 Å². The molecule has 0 aliphatic rings. The van der Waals surface area contributed by atoms with Crippen molar-refractivity contribution in [2.24, 2.45) is 0 Å². The van der Waals surface area contributed by atoms with Gasteiger partial charge in [-0.25, -0.2) is 4.68 Å². The van der Waals surface area contributed by atoms with Crippen LogP contribution >= 0.6 is 0 Å². The van der Waals surface area contributed by atoms with Gasteiger partial charge in [0.25, 0.3) is 5.56 Å². The van der Waals surface area contributed by atoms with E-state index in [1.165, 1.54) is 11.1 Å². The van der Waals surface area contributed by atoms with Crippen LogP contribution in [0.15, 0.2) is 77.6 Å². The van der Waals surface area contributed by atoms with Crippen LogP contribution in [0.1, 0.15) is 85.8 Å². The molecule has 212 valence electrons. The molecule has 1 N–H and O–H groups in total. The normalized spacial score (nSPS) is 12.9. The van der Waals surface area contributed by atoms with Crippen molar-refractivity contribution in [3.63, 3.8) is 0 Å². The van der Waals surface area contributed by atoms with Gasteiger partial charge in [-0.05, 0) is 102 Å². The van der Waals surface area contributed by atoms with Gasteiger partial charge in [0.2, 0.25) is 0 Å². The topological polar surface area (TPSA) is 79.7 Å². The fourth-order valence-electron chi connectivity index (χ4n) is 5.34. The van der Waals surface area contributed by atoms with E-state index in [0.717, 1.165) is 27.6 Å². The number of aryl methyl sites for hydroxylation is 2. The Morgan fingerprint density at radius 1 is 0.878 bits per heavy atom. The van der Waals surface area contributed by atoms with Crippen LogP contribution in [0.25, 0.3) is 10.9 Å². The molecule has 7 heteroatoms. The van der Waals surface area contributed by atoms with Crippen molar-refractivity contribution >= 4 is 10.9 Å². The Morgan fingerprint density at radius 3 is 2.15 bits per heavy atom. The number of fused-ring (bicyclic) bond motifs is 1. The monoisotopic (exact) mass is 548 g/mol. The molecule has 5 aromatic rings. The summed E-state index contributed by atoms with van der Waals surface area (Å²) in [6.07, 6.45) is 0. The first-order valence-electron chi connectivity index (χ1n) is 14.3. The van der Waals surface area contributed by atoms with Gasteiger partial charge in [-0.15, -0.1) is 5.10 Å². The molecule has 0 aliphatic carbocycles. The van der Waals surface area contributed by atoms with Crippen molar-refractivity contribution in [1.29, 1.82) is 0 Å². The molecule has 0 radical (unpaired) electrons. The number of tetrazole rings is 1. The molecular formula is C34H40N6O. The molecule has 0 fully saturated rings. The molecule has 1 atom stereocenters. The van der Waals surface area contributed by atoms with E-state index < -0.39 is 6.04 Å². The van der Waals surface area contributed by atoms with Crippen molar-refractivity contribution in [3.8, 4) is 0 Å². The van der Waals surface area contributed by atoms with E-state index >= 15 is 0 Å². The van der Waals surface area contributed by atoms with E-state index in [1.54, 1.807) is 0 Å². The first-order chi connectivity index (χ1) is 19.5. The SMILES string of the molecule is Cc1cc2cc(C(c3nnnn3C(C)(C)C)N(Cc3ccccc3)Cc3ccc(C(C)C)cc3)c(=O)[nH]c2cc1C. The maximum Gasteiger partial charge on any atom is 0.253 e. The van der Waals surface area contributed by atoms with E-state index in [2.05, 4.69) is 116 Å². The van der Waals surface area contributed by atoms with Gasteiger partial charge in [0.05, 0.1) is 5.54 Å². The Balaban J connectivity index is 1.72. The number of hydrogen-bond donors (Lipinski definition) is 1. The summed E-state index contributed by atoms with van der Waals surface area (Å²) in [4.78, 5) is 19.4. The summed E-state index contributed by atoms with van der Waals surface area (Å²) in [5.74, 6) is 1.10. The van der Waals surface area contributed by atoms with Gasteiger partial charge < -0.3 is 4.98 Å². The van der Waals surface area contributed by atoms with Gasteiger partial charge in [-0.1, -0.05) is 68.4 Å². The van der Waals surface area contributed by atoms with Crippen molar-refractivity contribution < 1.29 is 0 Å². The average molecular weight is 549 g/mol. The summed E-state index contributed by atoms with van der Waals surface area (Å²) in [5.41, 5.74) is 6.86. The highest BCUT2D eigenvalue weighted by atomic mass is 16.1. The minimum absolute atomic E-state index is 0.137. The number of H-pyrrole nitrogens is 1. The van der Waals surface area contributed by atoms with Gasteiger partial charge in [-0.3, -0.25) is 9.69 Å². The zero-order valence-corrected chi connectivity index (χ0v) is 25.1. The zero-order valence-electron chi connectivity index (χ0n) is 25.1. The molecular weight excluding hydrogens is 508 g/mol. The van der Waals surface area contributed by atoms with Crippen LogP contribution in [0.2, 0.25) is 0 Å². The highest BCUT2D eigenvalue weighted by Gasteiger charge is 2.33. The van der Waals surface area contributed by atoms with E-state index in [1.807, 2.05) is 35.0 Å². The summed E-state index contributed by atoms with van der Waals surface area (Å²) >= 11 is 0. The molecule has 2 heterocycles. The number of nitrogens with zero attached hydrogens (tertiary/aromatic N) is 5. The van der Waals surface area contributed by atoms with E-state index in [9.17, 15) is 4.79 Å². The molecule has 0 aliphatic heterocycles. The molecule has 0 saturated carbocycles. The van der Waals surface area contributed by atoms with E-state index in [0.29, 0.717) is 30.4 Å². The van der Waals surface area contributed by atoms with E-state index in [4.69, 9.17) is 0 Å². The third kappa shape index (κ3) is 6.15. The maximum absolute atomic E-state index is 13.9. The van der Waals surface area contributed by atoms with Crippen LogP contribution in [-0.2, 0) is 18.6 Å². The molecule has 1 unspecified atom stereocenters. The first kappa shape index (κ1) is 28.4. The number of aromatic amines is 1. The Morgan fingerprint density at radius 2 is 1.51 bits per heavy atom. The predicted molar refractivity (Wildman–Crippen MR) is 165 cm³/mol. The maximum atomic E-state index is 13.9. The Hall–Kier alpha value is -4.10. The smallest absolute Gasteiger partial charge is 0.253 e. The lowest BCUT2D eigenvalue weighted by Gasteiger charge is -2.33. The van der Waals surface area contributed by atoms with Gasteiger partial charge >= 0.3 is 0 Å². The second kappa shape index (κ2) is 11.4. The largest absolute Gasteiger partial charge is 0.322 e. The molecule has 3 aromatic carbocycles.